The van der Waals surface area contributed by atoms with Crippen molar-refractivity contribution in [2.24, 2.45) is 0 Å². The van der Waals surface area contributed by atoms with Gasteiger partial charge in [0.2, 0.25) is 0 Å². The van der Waals surface area contributed by atoms with Crippen LogP contribution in [0.2, 0.25) is 0 Å². The molecule has 0 fully saturated rings. The Balaban J connectivity index is -0.0000000457. The van der Waals surface area contributed by atoms with Gasteiger partial charge in [0, 0.05) is 20.8 Å². The molecule has 68 valence electrons. The molecule has 0 amide bonds. The third kappa shape index (κ3) is 560. The summed E-state index contributed by atoms with van der Waals surface area (Å²) in [4.78, 5) is 0. The molecule has 0 atom stereocenters. The van der Waals surface area contributed by atoms with Crippen molar-refractivity contribution in [3.8, 4) is 0 Å². The van der Waals surface area contributed by atoms with Crippen LogP contribution >= 0.6 is 0 Å². The molecule has 0 spiro atoms. The smallest absolute Gasteiger partial charge is 0.759 e. The van der Waals surface area contributed by atoms with Gasteiger partial charge in [0.05, 0.1) is 0 Å². The average Bonchev–Trinajstić information content (AvgIpc) is 1.12. The summed E-state index contributed by atoms with van der Waals surface area (Å²) in [5.41, 5.74) is 0. The third-order valence-corrected chi connectivity index (χ3v) is 0. The van der Waals surface area contributed by atoms with Gasteiger partial charge in [-0.05, 0) is 0 Å². The predicted molar refractivity (Wildman–Crippen MR) is 20.9 cm³/mol. The Morgan fingerprint density at radius 1 is 0.583 bits per heavy atom. The molecular weight excluding hydrogens is 375 g/mol. The standard InChI is InChI=1S/2H2O4S.2Zr/c2*1-5(2,3)4;;/h2*(H2,1,2,3,4);;/q;;2*+2/p-4. The predicted octanol–water partition coefficient (Wildman–Crippen LogP) is -2.68. The van der Waals surface area contributed by atoms with E-state index in [-0.39, 0.29) is 52.4 Å². The van der Waals surface area contributed by atoms with Crippen LogP contribution in [0.15, 0.2) is 0 Å². The van der Waals surface area contributed by atoms with Crippen LogP contribution < -0.4 is 0 Å². The Morgan fingerprint density at radius 2 is 0.583 bits per heavy atom. The molecule has 12 heavy (non-hydrogen) atoms. The van der Waals surface area contributed by atoms with Gasteiger partial charge in [0.15, 0.2) is 0 Å². The van der Waals surface area contributed by atoms with Crippen LogP contribution in [-0.4, -0.2) is 35.0 Å². The first-order chi connectivity index (χ1) is 4.00. The van der Waals surface area contributed by atoms with Gasteiger partial charge in [-0.15, -0.1) is 0 Å². The van der Waals surface area contributed by atoms with E-state index in [1.54, 1.807) is 0 Å². The Bertz CT molecular complexity index is 211. The van der Waals surface area contributed by atoms with Crippen LogP contribution in [0.25, 0.3) is 0 Å². The van der Waals surface area contributed by atoms with E-state index in [0.717, 1.165) is 0 Å². The van der Waals surface area contributed by atoms with Crippen LogP contribution in [-0.2, 0) is 73.2 Å². The first-order valence-electron chi connectivity index (χ1n) is 1.33. The summed E-state index contributed by atoms with van der Waals surface area (Å²) in [5.74, 6) is 0. The van der Waals surface area contributed by atoms with Gasteiger partial charge in [-0.1, -0.05) is 0 Å². The Morgan fingerprint density at radius 3 is 0.583 bits per heavy atom. The molecule has 12 heteroatoms. The molecule has 0 aliphatic carbocycles. The Labute approximate surface area is 107 Å². The monoisotopic (exact) mass is 372 g/mol. The van der Waals surface area contributed by atoms with Crippen molar-refractivity contribution in [3.05, 3.63) is 0 Å². The zero-order valence-corrected chi connectivity index (χ0v) is 11.6. The van der Waals surface area contributed by atoms with E-state index in [0.29, 0.717) is 0 Å². The quantitative estimate of drug-likeness (QED) is 0.327. The first-order valence-corrected chi connectivity index (χ1v) is 4.00. The fraction of sp³-hybridized carbons (Fsp3) is 0. The van der Waals surface area contributed by atoms with Crippen LogP contribution in [0.4, 0.5) is 0 Å². The Kier molecular flexibility index (Phi) is 17.7. The molecule has 0 saturated heterocycles. The summed E-state index contributed by atoms with van der Waals surface area (Å²) in [6.45, 7) is 0. The van der Waals surface area contributed by atoms with Crippen molar-refractivity contribution in [3.63, 3.8) is 0 Å². The van der Waals surface area contributed by atoms with E-state index in [2.05, 4.69) is 0 Å². The summed E-state index contributed by atoms with van der Waals surface area (Å²) < 4.78 is 68.2. The zero-order chi connectivity index (χ0) is 9.00. The van der Waals surface area contributed by atoms with E-state index < -0.39 is 20.8 Å². The van der Waals surface area contributed by atoms with E-state index in [4.69, 9.17) is 35.0 Å². The second-order valence-corrected chi connectivity index (χ2v) is 2.45. The summed E-state index contributed by atoms with van der Waals surface area (Å²) in [7, 11) is -10.3. The van der Waals surface area contributed by atoms with Gasteiger partial charge < -0.3 is 18.2 Å². The summed E-state index contributed by atoms with van der Waals surface area (Å²) in [6, 6.07) is 0. The molecular formula is O8S2Zr2. The largest absolute Gasteiger partial charge is 2.00 e. The fourth-order valence-electron chi connectivity index (χ4n) is 0. The maximum atomic E-state index is 8.52. The molecule has 8 nitrogen and oxygen atoms in total. The van der Waals surface area contributed by atoms with E-state index in [1.165, 1.54) is 0 Å². The molecule has 0 bridgehead atoms. The van der Waals surface area contributed by atoms with Crippen molar-refractivity contribution in [2.45, 2.75) is 0 Å². The minimum atomic E-state index is -5.17. The zero-order valence-electron chi connectivity index (χ0n) is 5.08. The molecule has 0 rings (SSSR count). The van der Waals surface area contributed by atoms with Gasteiger partial charge in [-0.2, -0.15) is 0 Å². The van der Waals surface area contributed by atoms with Gasteiger partial charge in [0.25, 0.3) is 0 Å². The Hall–Kier alpha value is 1.51. The number of hydrogen-bond donors (Lipinski definition) is 0. The van der Waals surface area contributed by atoms with Gasteiger partial charge >= 0.3 is 52.4 Å². The first kappa shape index (κ1) is 23.4. The molecule has 0 radical (unpaired) electrons. The van der Waals surface area contributed by atoms with Crippen molar-refractivity contribution >= 4 is 20.8 Å². The average molecular weight is 375 g/mol. The molecule has 0 heterocycles. The fourth-order valence-corrected chi connectivity index (χ4v) is 0. The third-order valence-electron chi connectivity index (χ3n) is 0. The van der Waals surface area contributed by atoms with E-state index in [9.17, 15) is 0 Å². The number of hydrogen-bond acceptors (Lipinski definition) is 8. The van der Waals surface area contributed by atoms with E-state index >= 15 is 0 Å². The SMILES string of the molecule is O=S(=O)([O-])[O-].O=S(=O)([O-])[O-].[Zr+2].[Zr+2]. The number of rotatable bonds is 0. The maximum Gasteiger partial charge on any atom is 2.00 e. The van der Waals surface area contributed by atoms with Gasteiger partial charge in [0.1, 0.15) is 0 Å². The molecule has 0 aromatic carbocycles. The minimum Gasteiger partial charge on any atom is -0.759 e. The normalized spacial score (nSPS) is 9.67. The van der Waals surface area contributed by atoms with Crippen LogP contribution in [0.3, 0.4) is 0 Å². The van der Waals surface area contributed by atoms with Crippen molar-refractivity contribution in [1.82, 2.24) is 0 Å². The molecule has 0 aliphatic heterocycles. The molecule has 0 aromatic heterocycles. The summed E-state index contributed by atoms with van der Waals surface area (Å²) >= 11 is 0. The molecule has 0 unspecified atom stereocenters. The summed E-state index contributed by atoms with van der Waals surface area (Å²) in [6.07, 6.45) is 0. The second kappa shape index (κ2) is 9.08. The minimum absolute atomic E-state index is 0. The molecule has 0 aliphatic rings. The molecule has 0 aromatic rings. The van der Waals surface area contributed by atoms with Crippen LogP contribution in [0.5, 0.6) is 0 Å². The van der Waals surface area contributed by atoms with Gasteiger partial charge in [-0.3, -0.25) is 16.8 Å². The molecule has 0 saturated carbocycles. The van der Waals surface area contributed by atoms with Crippen LogP contribution in [0.1, 0.15) is 0 Å². The summed E-state index contributed by atoms with van der Waals surface area (Å²) in [5, 5.41) is 0. The van der Waals surface area contributed by atoms with Crippen molar-refractivity contribution in [1.29, 1.82) is 0 Å². The molecule has 0 N–H and O–H groups in total. The van der Waals surface area contributed by atoms with Gasteiger partial charge in [-0.25, -0.2) is 0 Å². The van der Waals surface area contributed by atoms with Crippen LogP contribution in [0, 0.1) is 0 Å². The van der Waals surface area contributed by atoms with Crippen molar-refractivity contribution in [2.75, 3.05) is 0 Å². The maximum absolute atomic E-state index is 8.52. The van der Waals surface area contributed by atoms with Crippen molar-refractivity contribution < 1.29 is 87.5 Å². The topological polar surface area (TPSA) is 161 Å². The second-order valence-electron chi connectivity index (χ2n) is 0.816. The van der Waals surface area contributed by atoms with E-state index in [1.807, 2.05) is 0 Å².